The van der Waals surface area contributed by atoms with Crippen molar-refractivity contribution in [2.75, 3.05) is 6.61 Å². The molecule has 22 heavy (non-hydrogen) atoms. The fraction of sp³-hybridized carbons (Fsp3) is 0.529. The predicted octanol–water partition coefficient (Wildman–Crippen LogP) is 3.69. The summed E-state index contributed by atoms with van der Waals surface area (Å²) in [5, 5.41) is 0. The van der Waals surface area contributed by atoms with E-state index in [4.69, 9.17) is 4.74 Å². The minimum Gasteiger partial charge on any atom is -0.449 e. The van der Waals surface area contributed by atoms with Crippen molar-refractivity contribution in [3.63, 3.8) is 0 Å². The highest BCUT2D eigenvalue weighted by molar-refractivity contribution is 6.76. The molecule has 1 heterocycles. The molecule has 1 fully saturated rings. The number of likely N-dealkylation sites (tertiary alicyclic amines) is 1. The summed E-state index contributed by atoms with van der Waals surface area (Å²) in [7, 11) is -1.24. The molecule has 0 spiro atoms. The zero-order chi connectivity index (χ0) is 16.2. The van der Waals surface area contributed by atoms with E-state index in [0.717, 1.165) is 18.0 Å². The van der Waals surface area contributed by atoms with E-state index in [9.17, 15) is 9.59 Å². The van der Waals surface area contributed by atoms with Crippen LogP contribution >= 0.6 is 0 Å². The van der Waals surface area contributed by atoms with E-state index in [1.165, 1.54) is 4.90 Å². The average Bonchev–Trinajstić information content (AvgIpc) is 2.79. The van der Waals surface area contributed by atoms with E-state index >= 15 is 0 Å². The van der Waals surface area contributed by atoms with Crippen LogP contribution in [-0.4, -0.2) is 37.6 Å². The summed E-state index contributed by atoms with van der Waals surface area (Å²) in [5.74, 6) is -0.112. The molecule has 5 heteroatoms. The molecule has 1 aliphatic heterocycles. The van der Waals surface area contributed by atoms with E-state index in [-0.39, 0.29) is 11.9 Å². The number of rotatable bonds is 5. The minimum atomic E-state index is -1.24. The van der Waals surface area contributed by atoms with Gasteiger partial charge in [-0.1, -0.05) is 50.0 Å². The van der Waals surface area contributed by atoms with Crippen molar-refractivity contribution in [3.8, 4) is 0 Å². The highest BCUT2D eigenvalue weighted by atomic mass is 28.3. The topological polar surface area (TPSA) is 46.6 Å². The van der Waals surface area contributed by atoms with Gasteiger partial charge >= 0.3 is 6.09 Å². The Labute approximate surface area is 133 Å². The molecule has 0 bridgehead atoms. The van der Waals surface area contributed by atoms with Gasteiger partial charge in [-0.2, -0.15) is 0 Å². The molecule has 2 rings (SSSR count). The van der Waals surface area contributed by atoms with Gasteiger partial charge in [-0.15, -0.1) is 0 Å². The second kappa shape index (κ2) is 7.09. The van der Waals surface area contributed by atoms with Crippen LogP contribution in [0, 0.1) is 0 Å². The van der Waals surface area contributed by atoms with Crippen LogP contribution in [0.5, 0.6) is 0 Å². The van der Waals surface area contributed by atoms with Gasteiger partial charge in [-0.05, 0) is 24.4 Å². The molecule has 1 atom stereocenters. The lowest BCUT2D eigenvalue weighted by Gasteiger charge is -2.23. The Morgan fingerprint density at radius 1 is 1.27 bits per heavy atom. The largest absolute Gasteiger partial charge is 0.449 e. The molecule has 2 amide bonds. The summed E-state index contributed by atoms with van der Waals surface area (Å²) in [6.07, 6.45) is 1.38. The quantitative estimate of drug-likeness (QED) is 0.778. The molecule has 0 saturated carbocycles. The van der Waals surface area contributed by atoms with Gasteiger partial charge in [0.2, 0.25) is 5.91 Å². The third-order valence-electron chi connectivity index (χ3n) is 3.91. The zero-order valence-corrected chi connectivity index (χ0v) is 14.7. The molecular weight excluding hydrogens is 294 g/mol. The molecular formula is C17H25NO3Si. The standard InChI is InChI=1S/C17H25NO3Si/c1-22(2,3)12-11-21-17(20)18-15(9-10-16(18)19)13-14-7-5-4-6-8-14/h4-8,15H,9-13H2,1-3H3/t15-/m1/s1. The Hall–Kier alpha value is -1.62. The van der Waals surface area contributed by atoms with Gasteiger partial charge in [-0.25, -0.2) is 9.69 Å². The maximum Gasteiger partial charge on any atom is 0.416 e. The molecule has 0 aliphatic carbocycles. The third kappa shape index (κ3) is 4.70. The number of nitrogens with zero attached hydrogens (tertiary/aromatic N) is 1. The smallest absolute Gasteiger partial charge is 0.416 e. The number of carbonyl (C=O) groups excluding carboxylic acids is 2. The summed E-state index contributed by atoms with van der Waals surface area (Å²) >= 11 is 0. The second-order valence-electron chi connectivity index (χ2n) is 7.07. The first-order valence-corrected chi connectivity index (χ1v) is 11.6. The van der Waals surface area contributed by atoms with E-state index in [2.05, 4.69) is 19.6 Å². The van der Waals surface area contributed by atoms with E-state index in [0.29, 0.717) is 19.4 Å². The summed E-state index contributed by atoms with van der Waals surface area (Å²) in [6.45, 7) is 7.12. The van der Waals surface area contributed by atoms with Crippen LogP contribution in [0.15, 0.2) is 30.3 Å². The van der Waals surface area contributed by atoms with Gasteiger partial charge < -0.3 is 4.74 Å². The second-order valence-corrected chi connectivity index (χ2v) is 12.7. The molecule has 1 aromatic carbocycles. The maximum atomic E-state index is 12.2. The van der Waals surface area contributed by atoms with Crippen LogP contribution in [0.4, 0.5) is 4.79 Å². The number of imide groups is 1. The Balaban J connectivity index is 1.94. The van der Waals surface area contributed by atoms with Gasteiger partial charge in [0.25, 0.3) is 0 Å². The summed E-state index contributed by atoms with van der Waals surface area (Å²) in [6, 6.07) is 10.8. The summed E-state index contributed by atoms with van der Waals surface area (Å²) in [4.78, 5) is 25.6. The number of benzene rings is 1. The van der Waals surface area contributed by atoms with E-state index < -0.39 is 14.2 Å². The van der Waals surface area contributed by atoms with E-state index in [1.807, 2.05) is 30.3 Å². The van der Waals surface area contributed by atoms with Gasteiger partial charge in [0.15, 0.2) is 0 Å². The lowest BCUT2D eigenvalue weighted by atomic mass is 10.0. The number of hydrogen-bond donors (Lipinski definition) is 0. The first kappa shape index (κ1) is 16.7. The zero-order valence-electron chi connectivity index (χ0n) is 13.7. The van der Waals surface area contributed by atoms with Crippen molar-refractivity contribution in [3.05, 3.63) is 35.9 Å². The molecule has 4 nitrogen and oxygen atoms in total. The van der Waals surface area contributed by atoms with Crippen LogP contribution in [0.3, 0.4) is 0 Å². The molecule has 1 aromatic rings. The highest BCUT2D eigenvalue weighted by Crippen LogP contribution is 2.23. The Kier molecular flexibility index (Phi) is 5.40. The van der Waals surface area contributed by atoms with Crippen molar-refractivity contribution < 1.29 is 14.3 Å². The molecule has 1 saturated heterocycles. The highest BCUT2D eigenvalue weighted by Gasteiger charge is 2.36. The third-order valence-corrected chi connectivity index (χ3v) is 5.62. The van der Waals surface area contributed by atoms with Crippen LogP contribution < -0.4 is 0 Å². The maximum absolute atomic E-state index is 12.2. The average molecular weight is 319 g/mol. The Morgan fingerprint density at radius 2 is 1.95 bits per heavy atom. The first-order chi connectivity index (χ1) is 10.4. The fourth-order valence-corrected chi connectivity index (χ4v) is 3.30. The Morgan fingerprint density at radius 3 is 2.59 bits per heavy atom. The van der Waals surface area contributed by atoms with Crippen LogP contribution in [0.25, 0.3) is 0 Å². The van der Waals surface area contributed by atoms with E-state index in [1.54, 1.807) is 0 Å². The van der Waals surface area contributed by atoms with Gasteiger partial charge in [0.05, 0.1) is 6.61 Å². The minimum absolute atomic E-state index is 0.0747. The van der Waals surface area contributed by atoms with Crippen molar-refractivity contribution >= 4 is 20.1 Å². The lowest BCUT2D eigenvalue weighted by Crippen LogP contribution is -2.40. The normalized spacial score (nSPS) is 18.6. The molecule has 0 aromatic heterocycles. The number of amides is 2. The van der Waals surface area contributed by atoms with Crippen molar-refractivity contribution in [2.45, 2.75) is 51.0 Å². The lowest BCUT2D eigenvalue weighted by molar-refractivity contribution is -0.127. The SMILES string of the molecule is C[Si](C)(C)CCOC(=O)N1C(=O)CC[C@@H]1Cc1ccccc1. The van der Waals surface area contributed by atoms with Gasteiger partial charge in [-0.3, -0.25) is 4.79 Å². The first-order valence-electron chi connectivity index (χ1n) is 7.89. The van der Waals surface area contributed by atoms with Gasteiger partial charge in [0.1, 0.15) is 0 Å². The molecule has 0 N–H and O–H groups in total. The molecule has 120 valence electrons. The van der Waals surface area contributed by atoms with Crippen molar-refractivity contribution in [2.24, 2.45) is 0 Å². The summed E-state index contributed by atoms with van der Waals surface area (Å²) in [5.41, 5.74) is 1.14. The monoisotopic (exact) mass is 319 g/mol. The predicted molar refractivity (Wildman–Crippen MR) is 89.5 cm³/mol. The van der Waals surface area contributed by atoms with Crippen molar-refractivity contribution in [1.29, 1.82) is 0 Å². The molecule has 0 unspecified atom stereocenters. The fourth-order valence-electron chi connectivity index (χ4n) is 2.59. The number of ether oxygens (including phenoxy) is 1. The van der Waals surface area contributed by atoms with Crippen LogP contribution in [-0.2, 0) is 16.0 Å². The van der Waals surface area contributed by atoms with Crippen LogP contribution in [0.2, 0.25) is 25.7 Å². The molecule has 0 radical (unpaired) electrons. The number of hydrogen-bond acceptors (Lipinski definition) is 3. The molecule has 1 aliphatic rings. The summed E-state index contributed by atoms with van der Waals surface area (Å²) < 4.78 is 5.34. The van der Waals surface area contributed by atoms with Crippen LogP contribution in [0.1, 0.15) is 18.4 Å². The van der Waals surface area contributed by atoms with Crippen molar-refractivity contribution in [1.82, 2.24) is 4.90 Å². The Bertz CT molecular complexity index is 524. The number of carbonyl (C=O) groups is 2. The van der Waals surface area contributed by atoms with Gasteiger partial charge in [0, 0.05) is 20.5 Å².